The number of hydrogen-bond donors (Lipinski definition) is 1. The van der Waals surface area contributed by atoms with Gasteiger partial charge in [-0.1, -0.05) is 13.8 Å². The molecular weight excluding hydrogens is 258 g/mol. The zero-order valence-corrected chi connectivity index (χ0v) is 12.4. The fourth-order valence-corrected chi connectivity index (χ4v) is 3.32. The van der Waals surface area contributed by atoms with Gasteiger partial charge in [-0.25, -0.2) is 4.79 Å². The highest BCUT2D eigenvalue weighted by Gasteiger charge is 2.38. The predicted octanol–water partition coefficient (Wildman–Crippen LogP) is 1.76. The molecule has 0 aromatic heterocycles. The fourth-order valence-electron chi connectivity index (χ4n) is 3.32. The number of carboxylic acids is 1. The van der Waals surface area contributed by atoms with Crippen LogP contribution in [0.2, 0.25) is 0 Å². The zero-order valence-electron chi connectivity index (χ0n) is 12.4. The molecule has 1 amide bonds. The molecule has 5 nitrogen and oxygen atoms in total. The summed E-state index contributed by atoms with van der Waals surface area (Å²) in [4.78, 5) is 25.6. The number of carbonyl (C=O) groups is 2. The Morgan fingerprint density at radius 3 is 2.50 bits per heavy atom. The molecule has 2 saturated heterocycles. The van der Waals surface area contributed by atoms with E-state index in [1.54, 1.807) is 4.90 Å². The molecule has 2 fully saturated rings. The van der Waals surface area contributed by atoms with Gasteiger partial charge in [-0.15, -0.1) is 0 Å². The van der Waals surface area contributed by atoms with Gasteiger partial charge in [-0.3, -0.25) is 4.79 Å². The zero-order chi connectivity index (χ0) is 14.7. The molecule has 0 radical (unpaired) electrons. The number of piperidine rings is 1. The van der Waals surface area contributed by atoms with Crippen molar-refractivity contribution in [2.45, 2.75) is 45.6 Å². The molecular formula is C15H25NO4. The molecule has 2 aliphatic heterocycles. The van der Waals surface area contributed by atoms with Crippen LogP contribution < -0.4 is 0 Å². The molecule has 1 N–H and O–H groups in total. The summed E-state index contributed by atoms with van der Waals surface area (Å²) in [6.07, 6.45) is 3.27. The lowest BCUT2D eigenvalue weighted by Crippen LogP contribution is -2.52. The number of rotatable bonds is 3. The minimum absolute atomic E-state index is 0.0104. The van der Waals surface area contributed by atoms with Crippen molar-refractivity contribution in [2.75, 3.05) is 19.8 Å². The second kappa shape index (κ2) is 6.57. The van der Waals surface area contributed by atoms with E-state index < -0.39 is 12.0 Å². The molecule has 0 aliphatic carbocycles. The molecule has 2 rings (SSSR count). The standard InChI is InChI=1S/C15H25NO4/c1-10-3-6-16(13(9-10)15(18)19)14(17)11(2)12-4-7-20-8-5-12/h10-13H,3-9H2,1-2H3,(H,18,19). The van der Waals surface area contributed by atoms with Crippen molar-refractivity contribution in [3.8, 4) is 0 Å². The van der Waals surface area contributed by atoms with E-state index in [1.807, 2.05) is 6.92 Å². The lowest BCUT2D eigenvalue weighted by atomic mass is 9.84. The Hall–Kier alpha value is -1.10. The smallest absolute Gasteiger partial charge is 0.326 e. The monoisotopic (exact) mass is 283 g/mol. The Morgan fingerprint density at radius 2 is 1.90 bits per heavy atom. The Kier molecular flexibility index (Phi) is 5.02. The third kappa shape index (κ3) is 3.32. The summed E-state index contributed by atoms with van der Waals surface area (Å²) in [6.45, 7) is 5.99. The van der Waals surface area contributed by atoms with E-state index in [4.69, 9.17) is 4.74 Å². The fraction of sp³-hybridized carbons (Fsp3) is 0.867. The largest absolute Gasteiger partial charge is 0.480 e. The first-order valence-corrected chi connectivity index (χ1v) is 7.61. The number of aliphatic carboxylic acids is 1. The molecule has 0 bridgehead atoms. The minimum atomic E-state index is -0.871. The van der Waals surface area contributed by atoms with Crippen molar-refractivity contribution in [1.29, 1.82) is 0 Å². The second-order valence-corrected chi connectivity index (χ2v) is 6.25. The van der Waals surface area contributed by atoms with Crippen molar-refractivity contribution in [3.05, 3.63) is 0 Å². The number of ether oxygens (including phenoxy) is 1. The van der Waals surface area contributed by atoms with Crippen molar-refractivity contribution in [2.24, 2.45) is 17.8 Å². The van der Waals surface area contributed by atoms with Crippen LogP contribution in [0.3, 0.4) is 0 Å². The summed E-state index contributed by atoms with van der Waals surface area (Å²) in [5.74, 6) is -0.266. The van der Waals surface area contributed by atoms with E-state index in [0.29, 0.717) is 38.0 Å². The van der Waals surface area contributed by atoms with Crippen LogP contribution in [-0.4, -0.2) is 47.7 Å². The van der Waals surface area contributed by atoms with Crippen LogP contribution in [0.15, 0.2) is 0 Å². The highest BCUT2D eigenvalue weighted by molar-refractivity contribution is 5.85. The van der Waals surface area contributed by atoms with E-state index in [-0.39, 0.29) is 11.8 Å². The summed E-state index contributed by atoms with van der Waals surface area (Å²) in [5, 5.41) is 9.35. The minimum Gasteiger partial charge on any atom is -0.480 e. The van der Waals surface area contributed by atoms with Crippen LogP contribution in [0, 0.1) is 17.8 Å². The van der Waals surface area contributed by atoms with Gasteiger partial charge in [0.05, 0.1) is 0 Å². The van der Waals surface area contributed by atoms with E-state index in [2.05, 4.69) is 6.92 Å². The third-order valence-electron chi connectivity index (χ3n) is 4.80. The molecule has 2 heterocycles. The lowest BCUT2D eigenvalue weighted by molar-refractivity contribution is -0.156. The predicted molar refractivity (Wildman–Crippen MR) is 74.2 cm³/mol. The van der Waals surface area contributed by atoms with Crippen molar-refractivity contribution in [1.82, 2.24) is 4.90 Å². The van der Waals surface area contributed by atoms with Gasteiger partial charge >= 0.3 is 5.97 Å². The van der Waals surface area contributed by atoms with E-state index in [1.165, 1.54) is 0 Å². The number of carboxylic acid groups (broad SMARTS) is 1. The summed E-state index contributed by atoms with van der Waals surface area (Å²) < 4.78 is 5.33. The molecule has 2 aliphatic rings. The van der Waals surface area contributed by atoms with E-state index in [9.17, 15) is 14.7 Å². The highest BCUT2D eigenvalue weighted by Crippen LogP contribution is 2.29. The first kappa shape index (κ1) is 15.3. The van der Waals surface area contributed by atoms with Crippen LogP contribution >= 0.6 is 0 Å². The number of carbonyl (C=O) groups excluding carboxylic acids is 1. The lowest BCUT2D eigenvalue weighted by Gasteiger charge is -2.39. The molecule has 5 heteroatoms. The summed E-state index contributed by atoms with van der Waals surface area (Å²) in [5.41, 5.74) is 0. The van der Waals surface area contributed by atoms with Gasteiger partial charge in [-0.05, 0) is 37.5 Å². The summed E-state index contributed by atoms with van der Waals surface area (Å²) >= 11 is 0. The van der Waals surface area contributed by atoms with Crippen LogP contribution in [0.1, 0.15) is 39.5 Å². The van der Waals surface area contributed by atoms with Crippen LogP contribution in [0.5, 0.6) is 0 Å². The van der Waals surface area contributed by atoms with Gasteiger partial charge in [0.1, 0.15) is 6.04 Å². The molecule has 0 saturated carbocycles. The molecule has 0 aromatic carbocycles. The maximum absolute atomic E-state index is 12.6. The van der Waals surface area contributed by atoms with Crippen molar-refractivity contribution < 1.29 is 19.4 Å². The van der Waals surface area contributed by atoms with Crippen LogP contribution in [0.25, 0.3) is 0 Å². The second-order valence-electron chi connectivity index (χ2n) is 6.25. The average molecular weight is 283 g/mol. The Labute approximate surface area is 120 Å². The molecule has 20 heavy (non-hydrogen) atoms. The highest BCUT2D eigenvalue weighted by atomic mass is 16.5. The van der Waals surface area contributed by atoms with Gasteiger partial charge < -0.3 is 14.7 Å². The molecule has 0 aromatic rings. The Morgan fingerprint density at radius 1 is 1.25 bits per heavy atom. The topological polar surface area (TPSA) is 66.8 Å². The average Bonchev–Trinajstić information content (AvgIpc) is 2.46. The maximum Gasteiger partial charge on any atom is 0.326 e. The van der Waals surface area contributed by atoms with Gasteiger partial charge in [0, 0.05) is 25.7 Å². The third-order valence-corrected chi connectivity index (χ3v) is 4.80. The van der Waals surface area contributed by atoms with Crippen molar-refractivity contribution >= 4 is 11.9 Å². The SMILES string of the molecule is CC1CCN(C(=O)C(C)C2CCOCC2)C(C(=O)O)C1. The van der Waals surface area contributed by atoms with E-state index >= 15 is 0 Å². The van der Waals surface area contributed by atoms with Crippen LogP contribution in [0.4, 0.5) is 0 Å². The molecule has 0 spiro atoms. The Balaban J connectivity index is 2.03. The quantitative estimate of drug-likeness (QED) is 0.857. The van der Waals surface area contributed by atoms with Gasteiger partial charge in [0.2, 0.25) is 5.91 Å². The number of likely N-dealkylation sites (tertiary alicyclic amines) is 1. The van der Waals surface area contributed by atoms with Gasteiger partial charge in [0.15, 0.2) is 0 Å². The summed E-state index contributed by atoms with van der Waals surface area (Å²) in [6, 6.07) is -0.645. The number of hydrogen-bond acceptors (Lipinski definition) is 3. The maximum atomic E-state index is 12.6. The number of nitrogens with zero attached hydrogens (tertiary/aromatic N) is 1. The summed E-state index contributed by atoms with van der Waals surface area (Å²) in [7, 11) is 0. The van der Waals surface area contributed by atoms with Gasteiger partial charge in [-0.2, -0.15) is 0 Å². The van der Waals surface area contributed by atoms with Crippen molar-refractivity contribution in [3.63, 3.8) is 0 Å². The van der Waals surface area contributed by atoms with Gasteiger partial charge in [0.25, 0.3) is 0 Å². The molecule has 3 unspecified atom stereocenters. The molecule has 114 valence electrons. The first-order chi connectivity index (χ1) is 9.50. The van der Waals surface area contributed by atoms with Crippen LogP contribution in [-0.2, 0) is 14.3 Å². The number of amides is 1. The Bertz CT molecular complexity index is 365. The molecule has 3 atom stereocenters. The first-order valence-electron chi connectivity index (χ1n) is 7.61. The normalized spacial score (nSPS) is 30.0. The van der Waals surface area contributed by atoms with E-state index in [0.717, 1.165) is 19.3 Å².